The third kappa shape index (κ3) is 5.77. The van der Waals surface area contributed by atoms with E-state index in [-0.39, 0.29) is 21.4 Å². The van der Waals surface area contributed by atoms with Gasteiger partial charge in [-0.05, 0) is 55.0 Å². The van der Waals surface area contributed by atoms with Crippen LogP contribution in [0.2, 0.25) is 10.0 Å². The third-order valence-corrected chi connectivity index (χ3v) is 9.40. The summed E-state index contributed by atoms with van der Waals surface area (Å²) in [7, 11) is -9.26. The molecule has 1 heterocycles. The number of nitrogens with zero attached hydrogens (tertiary/aromatic N) is 1. The molecule has 0 spiro atoms. The zero-order chi connectivity index (χ0) is 26.8. The molecule has 3 aromatic rings. The molecule has 3 rings (SSSR count). The standard InChI is InChI=1S/C22H18Cl2F2N2O6S2/c1-2-19(22(29)30)36(33,34)28-21-17(9-13(24)11-27-21)20(16-10-14(25)5-8-18(16)26)35(31,32)15-6-3-12(23)4-7-15/h3-11,19-20H,2H2,1H3,(H,27,28)(H,29,30). The van der Waals surface area contributed by atoms with Gasteiger partial charge in [-0.3, -0.25) is 9.52 Å². The van der Waals surface area contributed by atoms with Gasteiger partial charge < -0.3 is 5.11 Å². The average molecular weight is 579 g/mol. The molecule has 0 fully saturated rings. The first-order valence-electron chi connectivity index (χ1n) is 10.1. The molecule has 1 aromatic heterocycles. The van der Waals surface area contributed by atoms with Crippen molar-refractivity contribution in [1.82, 2.24) is 4.98 Å². The first-order valence-corrected chi connectivity index (χ1v) is 14.0. The van der Waals surface area contributed by atoms with Crippen molar-refractivity contribution in [3.05, 3.63) is 87.5 Å². The smallest absolute Gasteiger partial charge is 0.323 e. The molecule has 0 saturated carbocycles. The second-order valence-electron chi connectivity index (χ2n) is 7.52. The summed E-state index contributed by atoms with van der Waals surface area (Å²) in [6.07, 6.45) is 0.664. The van der Waals surface area contributed by atoms with Crippen molar-refractivity contribution in [2.75, 3.05) is 4.72 Å². The van der Waals surface area contributed by atoms with E-state index in [4.69, 9.17) is 23.2 Å². The van der Waals surface area contributed by atoms with E-state index in [0.717, 1.165) is 30.5 Å². The van der Waals surface area contributed by atoms with E-state index in [1.54, 1.807) is 0 Å². The number of carboxylic acids is 1. The second kappa shape index (κ2) is 10.7. The van der Waals surface area contributed by atoms with Gasteiger partial charge >= 0.3 is 5.97 Å². The van der Waals surface area contributed by atoms with Crippen LogP contribution in [0.25, 0.3) is 0 Å². The van der Waals surface area contributed by atoms with Crippen LogP contribution in [0.4, 0.5) is 14.6 Å². The van der Waals surface area contributed by atoms with E-state index < -0.39 is 64.9 Å². The maximum Gasteiger partial charge on any atom is 0.323 e. The normalized spacial score (nSPS) is 13.7. The predicted molar refractivity (Wildman–Crippen MR) is 130 cm³/mol. The molecule has 0 amide bonds. The van der Waals surface area contributed by atoms with Gasteiger partial charge in [0, 0.05) is 22.3 Å². The molecular formula is C22H18Cl2F2N2O6S2. The van der Waals surface area contributed by atoms with E-state index in [9.17, 15) is 35.5 Å². The summed E-state index contributed by atoms with van der Waals surface area (Å²) < 4.78 is 84.2. The van der Waals surface area contributed by atoms with E-state index in [1.807, 2.05) is 4.72 Å². The van der Waals surface area contributed by atoms with Gasteiger partial charge in [0.15, 0.2) is 15.1 Å². The lowest BCUT2D eigenvalue weighted by Gasteiger charge is -2.23. The Morgan fingerprint density at radius 3 is 2.22 bits per heavy atom. The van der Waals surface area contributed by atoms with E-state index in [0.29, 0.717) is 12.1 Å². The topological polar surface area (TPSA) is 130 Å². The molecule has 0 aliphatic heterocycles. The number of benzene rings is 2. The highest BCUT2D eigenvalue weighted by Crippen LogP contribution is 2.41. The van der Waals surface area contributed by atoms with Gasteiger partial charge in [0.05, 0.1) is 9.92 Å². The second-order valence-corrected chi connectivity index (χ2v) is 12.3. The number of sulfone groups is 1. The fraction of sp³-hybridized carbons (Fsp3) is 0.182. The number of rotatable bonds is 9. The number of hydrogen-bond acceptors (Lipinski definition) is 6. The van der Waals surface area contributed by atoms with Crippen LogP contribution in [-0.4, -0.2) is 38.1 Å². The van der Waals surface area contributed by atoms with Crippen molar-refractivity contribution in [3.63, 3.8) is 0 Å². The van der Waals surface area contributed by atoms with Crippen molar-refractivity contribution >= 4 is 54.8 Å². The van der Waals surface area contributed by atoms with Crippen LogP contribution >= 0.6 is 23.2 Å². The van der Waals surface area contributed by atoms with Crippen molar-refractivity contribution in [2.45, 2.75) is 28.7 Å². The molecule has 2 unspecified atom stereocenters. The minimum atomic E-state index is -4.65. The average Bonchev–Trinajstić information content (AvgIpc) is 2.78. The van der Waals surface area contributed by atoms with Crippen LogP contribution in [0.3, 0.4) is 0 Å². The number of sulfonamides is 1. The molecule has 0 aliphatic carbocycles. The van der Waals surface area contributed by atoms with Gasteiger partial charge in [0.25, 0.3) is 0 Å². The van der Waals surface area contributed by atoms with E-state index >= 15 is 0 Å². The predicted octanol–water partition coefficient (Wildman–Crippen LogP) is 4.83. The van der Waals surface area contributed by atoms with Crippen molar-refractivity contribution in [3.8, 4) is 0 Å². The van der Waals surface area contributed by atoms with Crippen molar-refractivity contribution in [2.24, 2.45) is 0 Å². The monoisotopic (exact) mass is 578 g/mol. The molecule has 192 valence electrons. The maximum atomic E-state index is 15.0. The van der Waals surface area contributed by atoms with E-state index in [2.05, 4.69) is 4.98 Å². The number of aromatic nitrogens is 1. The Labute approximate surface area is 215 Å². The number of carboxylic acid groups (broad SMARTS) is 1. The summed E-state index contributed by atoms with van der Waals surface area (Å²) in [6.45, 7) is 1.32. The minimum Gasteiger partial charge on any atom is -0.480 e. The first-order chi connectivity index (χ1) is 16.8. The first kappa shape index (κ1) is 27.8. The van der Waals surface area contributed by atoms with Gasteiger partial charge in [-0.1, -0.05) is 30.1 Å². The SMILES string of the molecule is CCC(C(=O)O)S(=O)(=O)Nc1ncc(Cl)cc1C(c1cc(F)ccc1F)S(=O)(=O)c1ccc(Cl)cc1. The number of hydrogen-bond donors (Lipinski definition) is 2. The number of carbonyl (C=O) groups is 1. The third-order valence-electron chi connectivity index (χ3n) is 5.12. The fourth-order valence-corrected chi connectivity index (χ4v) is 6.85. The highest BCUT2D eigenvalue weighted by atomic mass is 35.5. The molecule has 36 heavy (non-hydrogen) atoms. The van der Waals surface area contributed by atoms with Crippen molar-refractivity contribution in [1.29, 1.82) is 0 Å². The minimum absolute atomic E-state index is 0.147. The van der Waals surface area contributed by atoms with Crippen LogP contribution < -0.4 is 4.72 Å². The van der Waals surface area contributed by atoms with Crippen LogP contribution in [0.5, 0.6) is 0 Å². The molecule has 0 bridgehead atoms. The van der Waals surface area contributed by atoms with Gasteiger partial charge in [0.1, 0.15) is 22.7 Å². The van der Waals surface area contributed by atoms with Gasteiger partial charge in [-0.2, -0.15) is 0 Å². The Kier molecular flexibility index (Phi) is 8.23. The molecule has 14 heteroatoms. The van der Waals surface area contributed by atoms with Crippen molar-refractivity contribution < 1.29 is 35.5 Å². The Bertz CT molecular complexity index is 1520. The Morgan fingerprint density at radius 1 is 1.00 bits per heavy atom. The van der Waals surface area contributed by atoms with Gasteiger partial charge in [0.2, 0.25) is 10.0 Å². The van der Waals surface area contributed by atoms with Gasteiger partial charge in [-0.15, -0.1) is 0 Å². The molecule has 2 N–H and O–H groups in total. The number of halogens is 4. The summed E-state index contributed by atoms with van der Waals surface area (Å²) in [4.78, 5) is 15.0. The Morgan fingerprint density at radius 2 is 1.64 bits per heavy atom. The van der Waals surface area contributed by atoms with Crippen LogP contribution in [-0.2, 0) is 24.7 Å². The summed E-state index contributed by atoms with van der Waals surface area (Å²) in [5.41, 5.74) is -1.11. The van der Waals surface area contributed by atoms with E-state index in [1.165, 1.54) is 19.1 Å². The molecule has 0 saturated heterocycles. The maximum absolute atomic E-state index is 15.0. The number of aliphatic carboxylic acids is 1. The van der Waals surface area contributed by atoms with Crippen LogP contribution in [0.15, 0.2) is 59.6 Å². The molecule has 8 nitrogen and oxygen atoms in total. The highest BCUT2D eigenvalue weighted by molar-refractivity contribution is 7.94. The number of pyridine rings is 1. The summed E-state index contributed by atoms with van der Waals surface area (Å²) in [6, 6.07) is 7.99. The zero-order valence-electron chi connectivity index (χ0n) is 18.3. The molecule has 0 aliphatic rings. The quantitative estimate of drug-likeness (QED) is 0.371. The zero-order valence-corrected chi connectivity index (χ0v) is 21.5. The number of nitrogens with one attached hydrogen (secondary N) is 1. The fourth-order valence-electron chi connectivity index (χ4n) is 3.45. The summed E-state index contributed by atoms with van der Waals surface area (Å²) >= 11 is 11.9. The van der Waals surface area contributed by atoms with Gasteiger partial charge in [-0.25, -0.2) is 30.6 Å². The number of anilines is 1. The lowest BCUT2D eigenvalue weighted by atomic mass is 10.0. The summed E-state index contributed by atoms with van der Waals surface area (Å²) in [5.74, 6) is -4.34. The Balaban J connectivity index is 2.33. The molecule has 2 aromatic carbocycles. The summed E-state index contributed by atoms with van der Waals surface area (Å²) in [5, 5.41) is 5.42. The van der Waals surface area contributed by atoms with Crippen LogP contribution in [0.1, 0.15) is 29.7 Å². The molecular weight excluding hydrogens is 561 g/mol. The lowest BCUT2D eigenvalue weighted by Crippen LogP contribution is -2.35. The molecule has 0 radical (unpaired) electrons. The Hall–Kier alpha value is -2.80. The van der Waals surface area contributed by atoms with Crippen LogP contribution in [0, 0.1) is 11.6 Å². The lowest BCUT2D eigenvalue weighted by molar-refractivity contribution is -0.136. The largest absolute Gasteiger partial charge is 0.480 e. The molecule has 2 atom stereocenters. The highest BCUT2D eigenvalue weighted by Gasteiger charge is 2.38.